The van der Waals surface area contributed by atoms with Gasteiger partial charge in [-0.15, -0.1) is 0 Å². The smallest absolute Gasteiger partial charge is 0.262 e. The Balaban J connectivity index is 2.56. The first-order chi connectivity index (χ1) is 12.3. The number of rotatable bonds is 8. The van der Waals surface area contributed by atoms with Crippen molar-refractivity contribution in [1.82, 2.24) is 0 Å². The number of hydrogen-bond acceptors (Lipinski definition) is 2. The molecule has 0 fully saturated rings. The van der Waals surface area contributed by atoms with Crippen LogP contribution >= 0.6 is 50.7 Å². The van der Waals surface area contributed by atoms with E-state index in [2.05, 4.69) is 15.9 Å². The van der Waals surface area contributed by atoms with Crippen LogP contribution in [0.4, 0.5) is 5.69 Å². The maximum absolute atomic E-state index is 13.4. The van der Waals surface area contributed by atoms with Crippen molar-refractivity contribution in [2.45, 2.75) is 37.1 Å². The van der Waals surface area contributed by atoms with Gasteiger partial charge in [0.2, 0.25) is 0 Å². The first-order valence-electron chi connectivity index (χ1n) is 8.09. The molecule has 0 aromatic heterocycles. The molecule has 0 saturated heterocycles. The van der Waals surface area contributed by atoms with E-state index in [1.807, 2.05) is 6.92 Å². The Bertz CT molecular complexity index is 861. The summed E-state index contributed by atoms with van der Waals surface area (Å²) in [7, 11) is -3.91. The topological polar surface area (TPSA) is 37.4 Å². The summed E-state index contributed by atoms with van der Waals surface area (Å²) >= 11 is 22.0. The van der Waals surface area contributed by atoms with E-state index >= 15 is 0 Å². The summed E-state index contributed by atoms with van der Waals surface area (Å²) < 4.78 is 28.2. The number of hydrogen-bond donors (Lipinski definition) is 0. The molecule has 26 heavy (non-hydrogen) atoms. The second-order valence-electron chi connectivity index (χ2n) is 5.86. The van der Waals surface area contributed by atoms with E-state index in [0.29, 0.717) is 22.2 Å². The van der Waals surface area contributed by atoms with Gasteiger partial charge in [-0.1, -0.05) is 69.3 Å². The number of nitrogens with zero attached hydrogens (tertiary/aromatic N) is 1. The van der Waals surface area contributed by atoms with E-state index in [9.17, 15) is 8.42 Å². The summed E-state index contributed by atoms with van der Waals surface area (Å²) in [5.74, 6) is 0. The zero-order valence-corrected chi connectivity index (χ0v) is 18.8. The van der Waals surface area contributed by atoms with Gasteiger partial charge >= 0.3 is 0 Å². The summed E-state index contributed by atoms with van der Waals surface area (Å²) in [6.45, 7) is 1.86. The Morgan fingerprint density at radius 1 is 1.04 bits per heavy atom. The third-order valence-corrected chi connectivity index (χ3v) is 7.47. The van der Waals surface area contributed by atoms with E-state index in [4.69, 9.17) is 34.8 Å². The van der Waals surface area contributed by atoms with E-state index in [-0.39, 0.29) is 16.0 Å². The molecule has 3 nitrogen and oxygen atoms in total. The van der Waals surface area contributed by atoms with Gasteiger partial charge in [-0.2, -0.15) is 0 Å². The zero-order valence-electron chi connectivity index (χ0n) is 14.1. The van der Waals surface area contributed by atoms with Crippen LogP contribution in [0.2, 0.25) is 15.1 Å². The molecule has 142 valence electrons. The Labute approximate surface area is 178 Å². The average Bonchev–Trinajstić information content (AvgIpc) is 2.58. The largest absolute Gasteiger partial charge is 0.266 e. The Kier molecular flexibility index (Phi) is 8.10. The molecule has 2 aromatic carbocycles. The summed E-state index contributed by atoms with van der Waals surface area (Å²) in [5.41, 5.74) is 0.352. The van der Waals surface area contributed by atoms with Gasteiger partial charge in [-0.25, -0.2) is 8.42 Å². The lowest BCUT2D eigenvalue weighted by atomic mass is 10.1. The van der Waals surface area contributed by atoms with Crippen molar-refractivity contribution in [3.05, 3.63) is 57.5 Å². The van der Waals surface area contributed by atoms with Gasteiger partial charge in [0.05, 0.1) is 15.7 Å². The van der Waals surface area contributed by atoms with E-state index in [1.54, 1.807) is 36.4 Å². The molecule has 0 amide bonds. The first kappa shape index (κ1) is 21.8. The molecule has 1 atom stereocenters. The number of benzene rings is 2. The predicted molar refractivity (Wildman–Crippen MR) is 115 cm³/mol. The van der Waals surface area contributed by atoms with Crippen molar-refractivity contribution in [3.8, 4) is 0 Å². The van der Waals surface area contributed by atoms with E-state index < -0.39 is 10.0 Å². The molecule has 0 saturated carbocycles. The highest BCUT2D eigenvalue weighted by Crippen LogP contribution is 2.37. The summed E-state index contributed by atoms with van der Waals surface area (Å²) in [6, 6.07) is 10.9. The molecule has 2 rings (SSSR count). The third kappa shape index (κ3) is 5.08. The maximum atomic E-state index is 13.4. The molecule has 0 aliphatic rings. The minimum atomic E-state index is -3.91. The number of alkyl halides is 1. The summed E-state index contributed by atoms with van der Waals surface area (Å²) in [5, 5.41) is 1.77. The van der Waals surface area contributed by atoms with Gasteiger partial charge in [0, 0.05) is 16.4 Å². The quantitative estimate of drug-likeness (QED) is 0.296. The monoisotopic (exact) mass is 497 g/mol. The average molecular weight is 500 g/mol. The van der Waals surface area contributed by atoms with Crippen LogP contribution in [0.15, 0.2) is 47.4 Å². The molecular weight excluding hydrogens is 481 g/mol. The predicted octanol–water partition coefficient (Wildman–Crippen LogP) is 6.80. The lowest BCUT2D eigenvalue weighted by molar-refractivity contribution is 0.563. The molecule has 0 heterocycles. The molecule has 0 N–H and O–H groups in total. The number of anilines is 1. The Hall–Kier alpha value is -0.460. The normalized spacial score (nSPS) is 12.8. The highest BCUT2D eigenvalue weighted by molar-refractivity contribution is 9.09. The van der Waals surface area contributed by atoms with Crippen LogP contribution in [0.5, 0.6) is 0 Å². The molecule has 0 unspecified atom stereocenters. The zero-order chi connectivity index (χ0) is 19.3. The Morgan fingerprint density at radius 3 is 2.38 bits per heavy atom. The van der Waals surface area contributed by atoms with Crippen LogP contribution in [0.3, 0.4) is 0 Å². The van der Waals surface area contributed by atoms with Crippen molar-refractivity contribution in [3.63, 3.8) is 0 Å². The molecule has 0 spiro atoms. The molecule has 0 aliphatic heterocycles. The lowest BCUT2D eigenvalue weighted by Gasteiger charge is -2.31. The van der Waals surface area contributed by atoms with Crippen molar-refractivity contribution in [2.24, 2.45) is 0 Å². The Morgan fingerprint density at radius 2 is 1.73 bits per heavy atom. The molecule has 8 heteroatoms. The third-order valence-electron chi connectivity index (χ3n) is 3.92. The van der Waals surface area contributed by atoms with Crippen molar-refractivity contribution in [1.29, 1.82) is 0 Å². The molecule has 0 aliphatic carbocycles. The second-order valence-corrected chi connectivity index (χ2v) is 9.69. The molecule has 0 radical (unpaired) electrons. The molecule has 0 bridgehead atoms. The number of sulfonamides is 1. The fourth-order valence-corrected chi connectivity index (χ4v) is 5.69. The van der Waals surface area contributed by atoms with Crippen molar-refractivity contribution in [2.75, 3.05) is 9.64 Å². The van der Waals surface area contributed by atoms with Crippen LogP contribution in [0.1, 0.15) is 26.2 Å². The van der Waals surface area contributed by atoms with Gasteiger partial charge in [0.15, 0.2) is 0 Å². The van der Waals surface area contributed by atoms with Crippen LogP contribution in [-0.4, -0.2) is 19.8 Å². The first-order valence-corrected chi connectivity index (χ1v) is 11.8. The van der Waals surface area contributed by atoms with Crippen molar-refractivity contribution >= 4 is 66.4 Å². The lowest BCUT2D eigenvalue weighted by Crippen LogP contribution is -2.39. The van der Waals surface area contributed by atoms with Gasteiger partial charge < -0.3 is 0 Å². The molecular formula is C18H19BrCl3NO2S. The van der Waals surface area contributed by atoms with Crippen LogP contribution in [0, 0.1) is 0 Å². The van der Waals surface area contributed by atoms with E-state index in [1.165, 1.54) is 10.4 Å². The van der Waals surface area contributed by atoms with Crippen LogP contribution in [0.25, 0.3) is 0 Å². The standard InChI is InChI=1S/C18H19BrCl3NO2S/c1-13(6-4-5-11-19)23(17-12-14(20)9-10-15(17)21)26(24,25)18-8-3-2-7-16(18)22/h2-3,7-10,12-13H,4-6,11H2,1H3/t13-/m1/s1. The van der Waals surface area contributed by atoms with E-state index in [0.717, 1.165) is 18.2 Å². The highest BCUT2D eigenvalue weighted by atomic mass is 79.9. The van der Waals surface area contributed by atoms with Crippen LogP contribution < -0.4 is 4.31 Å². The second kappa shape index (κ2) is 9.65. The van der Waals surface area contributed by atoms with Gasteiger partial charge in [-0.05, 0) is 50.1 Å². The number of halogens is 4. The number of unbranched alkanes of at least 4 members (excludes halogenated alkanes) is 1. The highest BCUT2D eigenvalue weighted by Gasteiger charge is 2.32. The fourth-order valence-electron chi connectivity index (χ4n) is 2.67. The minimum Gasteiger partial charge on any atom is -0.262 e. The fraction of sp³-hybridized carbons (Fsp3) is 0.333. The van der Waals surface area contributed by atoms with Gasteiger partial charge in [0.1, 0.15) is 4.90 Å². The van der Waals surface area contributed by atoms with Crippen LogP contribution in [-0.2, 0) is 10.0 Å². The SMILES string of the molecule is C[C@H](CCCCBr)N(c1cc(Cl)ccc1Cl)S(=O)(=O)c1ccccc1Cl. The minimum absolute atomic E-state index is 0.0463. The summed E-state index contributed by atoms with van der Waals surface area (Å²) in [4.78, 5) is 0.0463. The molecule has 2 aromatic rings. The summed E-state index contributed by atoms with van der Waals surface area (Å²) in [6.07, 6.45) is 2.50. The van der Waals surface area contributed by atoms with Gasteiger partial charge in [0.25, 0.3) is 10.0 Å². The van der Waals surface area contributed by atoms with Gasteiger partial charge in [-0.3, -0.25) is 4.31 Å². The maximum Gasteiger partial charge on any atom is 0.266 e. The van der Waals surface area contributed by atoms with Crippen molar-refractivity contribution < 1.29 is 8.42 Å².